The van der Waals surface area contributed by atoms with Crippen LogP contribution in [0.25, 0.3) is 0 Å². The van der Waals surface area contributed by atoms with Crippen LogP contribution in [0.5, 0.6) is 5.75 Å². The van der Waals surface area contributed by atoms with Crippen LogP contribution in [-0.4, -0.2) is 48.9 Å². The molecule has 0 saturated carbocycles. The van der Waals surface area contributed by atoms with Gasteiger partial charge in [0.15, 0.2) is 0 Å². The van der Waals surface area contributed by atoms with Gasteiger partial charge in [-0.3, -0.25) is 9.59 Å². The van der Waals surface area contributed by atoms with Crippen LogP contribution >= 0.6 is 0 Å². The van der Waals surface area contributed by atoms with Gasteiger partial charge in [-0.25, -0.2) is 0 Å². The maximum atomic E-state index is 12.9. The number of ether oxygens (including phenoxy) is 1. The number of carbonyl (C=O) groups is 2. The third-order valence-corrected chi connectivity index (χ3v) is 5.05. The number of rotatable bonds is 3. The number of piperidine rings is 1. The van der Waals surface area contributed by atoms with Crippen molar-refractivity contribution in [2.24, 2.45) is 5.92 Å². The first-order chi connectivity index (χ1) is 11.1. The van der Waals surface area contributed by atoms with Crippen molar-refractivity contribution in [3.8, 4) is 5.75 Å². The van der Waals surface area contributed by atoms with Gasteiger partial charge in [0, 0.05) is 26.6 Å². The Labute approximate surface area is 137 Å². The molecule has 1 aromatic rings. The normalized spacial score (nSPS) is 24.9. The van der Waals surface area contributed by atoms with Crippen molar-refractivity contribution in [1.29, 1.82) is 0 Å². The molecule has 5 nitrogen and oxygen atoms in total. The summed E-state index contributed by atoms with van der Waals surface area (Å²) in [6.45, 7) is 1.70. The molecule has 2 amide bonds. The highest BCUT2D eigenvalue weighted by molar-refractivity contribution is 5.85. The molecule has 2 heterocycles. The van der Waals surface area contributed by atoms with Crippen LogP contribution in [0, 0.1) is 5.92 Å². The highest BCUT2D eigenvalue weighted by Crippen LogP contribution is 2.37. The van der Waals surface area contributed by atoms with E-state index in [2.05, 4.69) is 0 Å². The average Bonchev–Trinajstić information content (AvgIpc) is 3.11. The predicted octanol–water partition coefficient (Wildman–Crippen LogP) is 2.23. The zero-order valence-corrected chi connectivity index (χ0v) is 13.8. The van der Waals surface area contributed by atoms with Crippen LogP contribution < -0.4 is 4.74 Å². The lowest BCUT2D eigenvalue weighted by molar-refractivity contribution is -0.146. The maximum absolute atomic E-state index is 12.9. The SMILES string of the molecule is COc1ccc([C@@H]2[C@H](C(=O)N3CCCC3)CCC(=O)N2C)cc1. The van der Waals surface area contributed by atoms with E-state index in [1.165, 1.54) is 0 Å². The van der Waals surface area contributed by atoms with Crippen molar-refractivity contribution >= 4 is 11.8 Å². The van der Waals surface area contributed by atoms with Gasteiger partial charge in [-0.1, -0.05) is 12.1 Å². The van der Waals surface area contributed by atoms with Crippen molar-refractivity contribution in [1.82, 2.24) is 9.80 Å². The molecular formula is C18H24N2O3. The van der Waals surface area contributed by atoms with E-state index in [4.69, 9.17) is 4.74 Å². The Kier molecular flexibility index (Phi) is 4.55. The molecule has 0 bridgehead atoms. The zero-order valence-electron chi connectivity index (χ0n) is 13.8. The van der Waals surface area contributed by atoms with Gasteiger partial charge in [-0.05, 0) is 37.0 Å². The molecule has 2 aliphatic rings. The summed E-state index contributed by atoms with van der Waals surface area (Å²) >= 11 is 0. The van der Waals surface area contributed by atoms with Gasteiger partial charge in [0.05, 0.1) is 19.1 Å². The molecule has 2 atom stereocenters. The molecule has 2 fully saturated rings. The first-order valence-corrected chi connectivity index (χ1v) is 8.30. The number of benzene rings is 1. The molecule has 2 aliphatic heterocycles. The van der Waals surface area contributed by atoms with Crippen LogP contribution in [0.3, 0.4) is 0 Å². The molecule has 124 valence electrons. The molecule has 1 aromatic carbocycles. The smallest absolute Gasteiger partial charge is 0.228 e. The Morgan fingerprint density at radius 2 is 1.83 bits per heavy atom. The molecular weight excluding hydrogens is 292 g/mol. The number of methoxy groups -OCH3 is 1. The van der Waals surface area contributed by atoms with Crippen molar-refractivity contribution in [2.75, 3.05) is 27.2 Å². The summed E-state index contributed by atoms with van der Waals surface area (Å²) in [5.74, 6) is 0.934. The Hall–Kier alpha value is -2.04. The second-order valence-electron chi connectivity index (χ2n) is 6.40. The van der Waals surface area contributed by atoms with E-state index in [9.17, 15) is 9.59 Å². The fraction of sp³-hybridized carbons (Fsp3) is 0.556. The summed E-state index contributed by atoms with van der Waals surface area (Å²) in [6, 6.07) is 7.51. The highest BCUT2D eigenvalue weighted by Gasteiger charge is 2.40. The number of nitrogens with zero attached hydrogens (tertiary/aromatic N) is 2. The molecule has 0 radical (unpaired) electrons. The Morgan fingerprint density at radius 1 is 1.17 bits per heavy atom. The van der Waals surface area contributed by atoms with Gasteiger partial charge in [0.2, 0.25) is 11.8 Å². The number of hydrogen-bond donors (Lipinski definition) is 0. The number of hydrogen-bond acceptors (Lipinski definition) is 3. The van der Waals surface area contributed by atoms with Gasteiger partial charge < -0.3 is 14.5 Å². The molecule has 23 heavy (non-hydrogen) atoms. The van der Waals surface area contributed by atoms with Gasteiger partial charge in [-0.15, -0.1) is 0 Å². The molecule has 0 aromatic heterocycles. The van der Waals surface area contributed by atoms with Crippen molar-refractivity contribution in [2.45, 2.75) is 31.7 Å². The van der Waals surface area contributed by atoms with Crippen molar-refractivity contribution in [3.63, 3.8) is 0 Å². The topological polar surface area (TPSA) is 49.9 Å². The quantitative estimate of drug-likeness (QED) is 0.859. The Bertz CT molecular complexity index is 578. The van der Waals surface area contributed by atoms with E-state index in [0.29, 0.717) is 12.8 Å². The Balaban J connectivity index is 1.89. The predicted molar refractivity (Wildman–Crippen MR) is 87.0 cm³/mol. The minimum atomic E-state index is -0.185. The lowest BCUT2D eigenvalue weighted by Crippen LogP contribution is -2.47. The van der Waals surface area contributed by atoms with E-state index >= 15 is 0 Å². The summed E-state index contributed by atoms with van der Waals surface area (Å²) in [5.41, 5.74) is 0.999. The summed E-state index contributed by atoms with van der Waals surface area (Å²) in [6.07, 6.45) is 3.25. The molecule has 0 N–H and O–H groups in total. The average molecular weight is 316 g/mol. The summed E-state index contributed by atoms with van der Waals surface area (Å²) in [5, 5.41) is 0. The fourth-order valence-electron chi connectivity index (χ4n) is 3.73. The third-order valence-electron chi connectivity index (χ3n) is 5.05. The maximum Gasteiger partial charge on any atom is 0.228 e. The molecule has 0 spiro atoms. The first kappa shape index (κ1) is 15.8. The van der Waals surface area contributed by atoms with Crippen LogP contribution in [0.2, 0.25) is 0 Å². The van der Waals surface area contributed by atoms with Crippen LogP contribution in [0.1, 0.15) is 37.3 Å². The van der Waals surface area contributed by atoms with Gasteiger partial charge in [-0.2, -0.15) is 0 Å². The van der Waals surface area contributed by atoms with Gasteiger partial charge in [0.25, 0.3) is 0 Å². The number of amides is 2. The second-order valence-corrected chi connectivity index (χ2v) is 6.40. The largest absolute Gasteiger partial charge is 0.497 e. The van der Waals surface area contributed by atoms with E-state index < -0.39 is 0 Å². The monoisotopic (exact) mass is 316 g/mol. The van der Waals surface area contributed by atoms with Gasteiger partial charge >= 0.3 is 0 Å². The second kappa shape index (κ2) is 6.60. The van der Waals surface area contributed by atoms with Crippen LogP contribution in [0.15, 0.2) is 24.3 Å². The fourth-order valence-corrected chi connectivity index (χ4v) is 3.73. The van der Waals surface area contributed by atoms with E-state index in [1.807, 2.05) is 29.2 Å². The number of carbonyl (C=O) groups excluding carboxylic acids is 2. The lowest BCUT2D eigenvalue weighted by atomic mass is 9.83. The van der Waals surface area contributed by atoms with Crippen molar-refractivity contribution in [3.05, 3.63) is 29.8 Å². The Morgan fingerprint density at radius 3 is 2.43 bits per heavy atom. The van der Waals surface area contributed by atoms with E-state index in [1.54, 1.807) is 19.1 Å². The minimum Gasteiger partial charge on any atom is -0.497 e. The molecule has 3 rings (SSSR count). The van der Waals surface area contributed by atoms with Crippen LogP contribution in [0.4, 0.5) is 0 Å². The zero-order chi connectivity index (χ0) is 16.4. The van der Waals surface area contributed by atoms with E-state index in [0.717, 1.165) is 37.2 Å². The standard InChI is InChI=1S/C18H24N2O3/c1-19-16(21)10-9-15(18(22)20-11-3-4-12-20)17(19)13-5-7-14(23-2)8-6-13/h5-8,15,17H,3-4,9-12H2,1-2H3/t15-,17-/m1/s1. The highest BCUT2D eigenvalue weighted by atomic mass is 16.5. The molecule has 0 unspecified atom stereocenters. The molecule has 0 aliphatic carbocycles. The lowest BCUT2D eigenvalue weighted by Gasteiger charge is -2.40. The van der Waals surface area contributed by atoms with Crippen molar-refractivity contribution < 1.29 is 14.3 Å². The third kappa shape index (κ3) is 3.05. The molecule has 2 saturated heterocycles. The van der Waals surface area contributed by atoms with Crippen LogP contribution in [-0.2, 0) is 9.59 Å². The first-order valence-electron chi connectivity index (χ1n) is 8.30. The van der Waals surface area contributed by atoms with Gasteiger partial charge in [0.1, 0.15) is 5.75 Å². The van der Waals surface area contributed by atoms with E-state index in [-0.39, 0.29) is 23.8 Å². The number of likely N-dealkylation sites (tertiary alicyclic amines) is 2. The summed E-state index contributed by atoms with van der Waals surface area (Å²) < 4.78 is 5.20. The summed E-state index contributed by atoms with van der Waals surface area (Å²) in [7, 11) is 3.44. The summed E-state index contributed by atoms with van der Waals surface area (Å²) in [4.78, 5) is 28.8. The molecule has 5 heteroatoms. The minimum absolute atomic E-state index is 0.108.